The van der Waals surface area contributed by atoms with E-state index in [9.17, 15) is 0 Å². The van der Waals surface area contributed by atoms with Crippen LogP contribution in [0, 0.1) is 6.92 Å². The van der Waals surface area contributed by atoms with Crippen molar-refractivity contribution in [3.63, 3.8) is 0 Å². The van der Waals surface area contributed by atoms with Gasteiger partial charge in [-0.2, -0.15) is 0 Å². The van der Waals surface area contributed by atoms with E-state index in [0.29, 0.717) is 5.69 Å². The van der Waals surface area contributed by atoms with E-state index >= 15 is 0 Å². The van der Waals surface area contributed by atoms with Crippen LogP contribution in [0.5, 0.6) is 0 Å². The zero-order chi connectivity index (χ0) is 13.8. The molecule has 0 aliphatic heterocycles. The van der Waals surface area contributed by atoms with E-state index in [2.05, 4.69) is 46.9 Å². The van der Waals surface area contributed by atoms with E-state index in [1.807, 2.05) is 6.07 Å². The summed E-state index contributed by atoms with van der Waals surface area (Å²) >= 11 is 4.87. The number of rotatable bonds is 4. The average Bonchev–Trinajstić information content (AvgIpc) is 2.40. The quantitative estimate of drug-likeness (QED) is 0.867. The molecule has 2 N–H and O–H groups in total. The van der Waals surface area contributed by atoms with Gasteiger partial charge in [-0.25, -0.2) is 9.97 Å². The van der Waals surface area contributed by atoms with Crippen molar-refractivity contribution in [1.29, 1.82) is 0 Å². The predicted octanol–water partition coefficient (Wildman–Crippen LogP) is 2.58. The lowest BCUT2D eigenvalue weighted by molar-refractivity contribution is 0.973. The molecular weight excluding hydrogens is 256 g/mol. The first-order chi connectivity index (χ1) is 9.11. The Balaban J connectivity index is 2.34. The highest BCUT2D eigenvalue weighted by Crippen LogP contribution is 2.23. The Kier molecular flexibility index (Phi) is 4.06. The van der Waals surface area contributed by atoms with E-state index in [-0.39, 0.29) is 4.99 Å². The maximum absolute atomic E-state index is 5.52. The van der Waals surface area contributed by atoms with Gasteiger partial charge >= 0.3 is 0 Å². The molecule has 0 atom stereocenters. The monoisotopic (exact) mass is 272 g/mol. The number of nitrogens with two attached hydrogens (primary N) is 1. The van der Waals surface area contributed by atoms with E-state index in [1.54, 1.807) is 12.4 Å². The minimum Gasteiger partial charge on any atom is -0.388 e. The van der Waals surface area contributed by atoms with Crippen molar-refractivity contribution in [2.75, 3.05) is 11.4 Å². The van der Waals surface area contributed by atoms with Gasteiger partial charge in [0.15, 0.2) is 5.82 Å². The molecule has 0 saturated heterocycles. The van der Waals surface area contributed by atoms with Crippen LogP contribution in [0.25, 0.3) is 0 Å². The standard InChI is InChI=1S/C14H16N4S/c1-3-18(11-6-4-5-10(2)7-11)13-9-16-12(8-17-13)14(15)19/h4-9H,3H2,1-2H3,(H2,15,19). The number of aryl methyl sites for hydroxylation is 1. The van der Waals surface area contributed by atoms with Crippen molar-refractivity contribution >= 4 is 28.7 Å². The summed E-state index contributed by atoms with van der Waals surface area (Å²) in [4.78, 5) is 10.9. The summed E-state index contributed by atoms with van der Waals surface area (Å²) in [5, 5.41) is 0. The summed E-state index contributed by atoms with van der Waals surface area (Å²) in [5.41, 5.74) is 8.37. The molecule has 0 saturated carbocycles. The number of thiocarbonyl (C=S) groups is 1. The van der Waals surface area contributed by atoms with Gasteiger partial charge < -0.3 is 10.6 Å². The first kappa shape index (κ1) is 13.4. The molecule has 2 rings (SSSR count). The normalized spacial score (nSPS) is 10.2. The molecular formula is C14H16N4S. The molecule has 1 heterocycles. The lowest BCUT2D eigenvalue weighted by atomic mass is 10.2. The van der Waals surface area contributed by atoms with E-state index < -0.39 is 0 Å². The van der Waals surface area contributed by atoms with Gasteiger partial charge in [0, 0.05) is 12.2 Å². The SMILES string of the molecule is CCN(c1cccc(C)c1)c1cnc(C(N)=S)cn1. The molecule has 1 aromatic heterocycles. The summed E-state index contributed by atoms with van der Waals surface area (Å²) < 4.78 is 0. The molecule has 98 valence electrons. The van der Waals surface area contributed by atoms with Gasteiger partial charge in [0.25, 0.3) is 0 Å². The number of hydrogen-bond donors (Lipinski definition) is 1. The van der Waals surface area contributed by atoms with Crippen LogP contribution in [0.1, 0.15) is 18.2 Å². The first-order valence-electron chi connectivity index (χ1n) is 6.08. The van der Waals surface area contributed by atoms with Crippen LogP contribution < -0.4 is 10.6 Å². The minimum atomic E-state index is 0.262. The molecule has 0 amide bonds. The Morgan fingerprint density at radius 2 is 2.11 bits per heavy atom. The molecule has 0 aliphatic rings. The number of hydrogen-bond acceptors (Lipinski definition) is 4. The van der Waals surface area contributed by atoms with Crippen LogP contribution >= 0.6 is 12.2 Å². The molecule has 19 heavy (non-hydrogen) atoms. The molecule has 0 spiro atoms. The van der Waals surface area contributed by atoms with E-state index in [4.69, 9.17) is 18.0 Å². The maximum atomic E-state index is 5.52. The Bertz CT molecular complexity index is 580. The highest BCUT2D eigenvalue weighted by Gasteiger charge is 2.09. The molecule has 0 aliphatic carbocycles. The van der Waals surface area contributed by atoms with Crippen molar-refractivity contribution < 1.29 is 0 Å². The van der Waals surface area contributed by atoms with Crippen molar-refractivity contribution in [1.82, 2.24) is 9.97 Å². The summed E-state index contributed by atoms with van der Waals surface area (Å²) in [6.45, 7) is 4.95. The smallest absolute Gasteiger partial charge is 0.151 e. The van der Waals surface area contributed by atoms with Gasteiger partial charge in [0.05, 0.1) is 12.4 Å². The van der Waals surface area contributed by atoms with Crippen molar-refractivity contribution in [2.45, 2.75) is 13.8 Å². The second-order valence-corrected chi connectivity index (χ2v) is 4.65. The number of nitrogens with zero attached hydrogens (tertiary/aromatic N) is 3. The van der Waals surface area contributed by atoms with Crippen LogP contribution in [-0.4, -0.2) is 21.5 Å². The van der Waals surface area contributed by atoms with Gasteiger partial charge in [-0.05, 0) is 31.5 Å². The fourth-order valence-corrected chi connectivity index (χ4v) is 1.97. The third-order valence-corrected chi connectivity index (χ3v) is 3.01. The molecule has 4 nitrogen and oxygen atoms in total. The van der Waals surface area contributed by atoms with Crippen LogP contribution in [0.2, 0.25) is 0 Å². The topological polar surface area (TPSA) is 55.0 Å². The predicted molar refractivity (Wildman–Crippen MR) is 81.8 cm³/mol. The molecule has 5 heteroatoms. The molecule has 2 aromatic rings. The van der Waals surface area contributed by atoms with Crippen LogP contribution in [0.3, 0.4) is 0 Å². The van der Waals surface area contributed by atoms with E-state index in [0.717, 1.165) is 18.1 Å². The number of aromatic nitrogens is 2. The van der Waals surface area contributed by atoms with Gasteiger partial charge in [0.1, 0.15) is 10.7 Å². The average molecular weight is 272 g/mol. The zero-order valence-electron chi connectivity index (χ0n) is 11.0. The third-order valence-electron chi connectivity index (χ3n) is 2.80. The Labute approximate surface area is 118 Å². The summed E-state index contributed by atoms with van der Waals surface area (Å²) in [6.07, 6.45) is 3.30. The molecule has 0 radical (unpaired) electrons. The zero-order valence-corrected chi connectivity index (χ0v) is 11.8. The lowest BCUT2D eigenvalue weighted by Crippen LogP contribution is -2.19. The fraction of sp³-hybridized carbons (Fsp3) is 0.214. The summed E-state index contributed by atoms with van der Waals surface area (Å²) in [6, 6.07) is 8.27. The second-order valence-electron chi connectivity index (χ2n) is 4.21. The largest absolute Gasteiger partial charge is 0.388 e. The summed E-state index contributed by atoms with van der Waals surface area (Å²) in [7, 11) is 0. The first-order valence-corrected chi connectivity index (χ1v) is 6.48. The van der Waals surface area contributed by atoms with Crippen LogP contribution in [0.4, 0.5) is 11.5 Å². The third kappa shape index (κ3) is 3.06. The Morgan fingerprint density at radius 3 is 2.63 bits per heavy atom. The van der Waals surface area contributed by atoms with Crippen LogP contribution in [-0.2, 0) is 0 Å². The van der Waals surface area contributed by atoms with Gasteiger partial charge in [0.2, 0.25) is 0 Å². The lowest BCUT2D eigenvalue weighted by Gasteiger charge is -2.22. The Hall–Kier alpha value is -2.01. The number of anilines is 2. The number of benzene rings is 1. The summed E-state index contributed by atoms with van der Waals surface area (Å²) in [5.74, 6) is 0.785. The van der Waals surface area contributed by atoms with Crippen molar-refractivity contribution in [3.05, 3.63) is 47.9 Å². The van der Waals surface area contributed by atoms with Crippen molar-refractivity contribution in [3.8, 4) is 0 Å². The highest BCUT2D eigenvalue weighted by atomic mass is 32.1. The second kappa shape index (κ2) is 5.75. The van der Waals surface area contributed by atoms with Crippen molar-refractivity contribution in [2.24, 2.45) is 5.73 Å². The molecule has 1 aromatic carbocycles. The van der Waals surface area contributed by atoms with Gasteiger partial charge in [-0.15, -0.1) is 0 Å². The van der Waals surface area contributed by atoms with Gasteiger partial charge in [-0.1, -0.05) is 24.4 Å². The highest BCUT2D eigenvalue weighted by molar-refractivity contribution is 7.80. The minimum absolute atomic E-state index is 0.262. The fourth-order valence-electron chi connectivity index (χ4n) is 1.86. The van der Waals surface area contributed by atoms with Gasteiger partial charge in [-0.3, -0.25) is 0 Å². The maximum Gasteiger partial charge on any atom is 0.151 e. The van der Waals surface area contributed by atoms with Crippen LogP contribution in [0.15, 0.2) is 36.7 Å². The molecule has 0 bridgehead atoms. The molecule has 0 fully saturated rings. The van der Waals surface area contributed by atoms with E-state index in [1.165, 1.54) is 5.56 Å². The Morgan fingerprint density at radius 1 is 1.32 bits per heavy atom. The molecule has 0 unspecified atom stereocenters.